The molecule has 2 aromatic carbocycles. The molecule has 8 nitrogen and oxygen atoms in total. The van der Waals surface area contributed by atoms with Crippen LogP contribution in [0.5, 0.6) is 0 Å². The molecule has 0 aliphatic carbocycles. The van der Waals surface area contributed by atoms with Crippen molar-refractivity contribution in [3.8, 4) is 11.4 Å². The van der Waals surface area contributed by atoms with E-state index >= 15 is 0 Å². The molecule has 4 rings (SSSR count). The zero-order chi connectivity index (χ0) is 22.7. The van der Waals surface area contributed by atoms with Gasteiger partial charge in [-0.15, -0.1) is 0 Å². The molecule has 162 valence electrons. The molecule has 2 heterocycles. The van der Waals surface area contributed by atoms with Crippen LogP contribution in [-0.2, 0) is 4.74 Å². The maximum absolute atomic E-state index is 12.7. The molecule has 0 aliphatic rings. The number of carbonyl (C=O) groups is 2. The molecule has 0 atom stereocenters. The molecule has 0 saturated heterocycles. The van der Waals surface area contributed by atoms with Crippen LogP contribution in [0.1, 0.15) is 33.3 Å². The number of aromatic amines is 1. The maximum atomic E-state index is 12.7. The van der Waals surface area contributed by atoms with Gasteiger partial charge in [-0.05, 0) is 68.5 Å². The van der Waals surface area contributed by atoms with Gasteiger partial charge in [0.2, 0.25) is 0 Å². The number of ether oxygens (including phenoxy) is 1. The Balaban J connectivity index is 1.52. The minimum absolute atomic E-state index is 0.240. The molecule has 9 heteroatoms. The first-order valence-corrected chi connectivity index (χ1v) is 10.4. The average molecular weight is 448 g/mol. The third-order valence-electron chi connectivity index (χ3n) is 4.91. The van der Waals surface area contributed by atoms with Crippen molar-refractivity contribution in [1.29, 1.82) is 0 Å². The lowest BCUT2D eigenvalue weighted by atomic mass is 10.2. The van der Waals surface area contributed by atoms with E-state index in [9.17, 15) is 9.59 Å². The Hall–Kier alpha value is -3.98. The molecule has 0 fully saturated rings. The maximum Gasteiger partial charge on any atom is 0.341 e. The number of esters is 1. The van der Waals surface area contributed by atoms with Crippen LogP contribution in [-0.4, -0.2) is 37.8 Å². The van der Waals surface area contributed by atoms with E-state index < -0.39 is 5.97 Å². The van der Waals surface area contributed by atoms with Crippen molar-refractivity contribution in [3.05, 3.63) is 88.7 Å². The number of H-pyrrole nitrogens is 1. The molecule has 0 radical (unpaired) electrons. The SMILES string of the molecule is CCOC(=O)c1cnn(-c2cccc(NC(=O)c3ccc(-n4cc[nH]c4=S)cc3)c2)c1C. The highest BCUT2D eigenvalue weighted by Crippen LogP contribution is 2.19. The normalized spacial score (nSPS) is 10.7. The molecule has 0 aliphatic heterocycles. The molecule has 0 saturated carbocycles. The molecule has 0 bridgehead atoms. The molecular formula is C23H21N5O3S. The van der Waals surface area contributed by atoms with Crippen LogP contribution in [0, 0.1) is 11.7 Å². The molecular weight excluding hydrogens is 426 g/mol. The Bertz CT molecular complexity index is 1330. The van der Waals surface area contributed by atoms with Crippen molar-refractivity contribution >= 4 is 29.8 Å². The summed E-state index contributed by atoms with van der Waals surface area (Å²) in [5.74, 6) is -0.652. The number of aromatic nitrogens is 4. The van der Waals surface area contributed by atoms with Crippen LogP contribution in [0.25, 0.3) is 11.4 Å². The fourth-order valence-electron chi connectivity index (χ4n) is 3.29. The Kier molecular flexibility index (Phi) is 6.00. The minimum atomic E-state index is -0.412. The zero-order valence-electron chi connectivity index (χ0n) is 17.5. The second kappa shape index (κ2) is 9.03. The Morgan fingerprint density at radius 1 is 1.16 bits per heavy atom. The summed E-state index contributed by atoms with van der Waals surface area (Å²) in [5, 5.41) is 7.20. The number of rotatable bonds is 6. The van der Waals surface area contributed by atoms with E-state index in [0.29, 0.717) is 39.6 Å². The number of anilines is 1. The van der Waals surface area contributed by atoms with Gasteiger partial charge in [-0.25, -0.2) is 9.48 Å². The Morgan fingerprint density at radius 2 is 1.94 bits per heavy atom. The molecule has 0 spiro atoms. The van der Waals surface area contributed by atoms with Gasteiger partial charge in [-0.3, -0.25) is 9.36 Å². The number of carbonyl (C=O) groups excluding carboxylic acids is 2. The van der Waals surface area contributed by atoms with Gasteiger partial charge in [-0.1, -0.05) is 6.07 Å². The lowest BCUT2D eigenvalue weighted by molar-refractivity contribution is 0.0525. The first-order chi connectivity index (χ1) is 15.5. The van der Waals surface area contributed by atoms with Crippen molar-refractivity contribution in [2.45, 2.75) is 13.8 Å². The number of hydrogen-bond acceptors (Lipinski definition) is 5. The number of hydrogen-bond donors (Lipinski definition) is 2. The predicted molar refractivity (Wildman–Crippen MR) is 123 cm³/mol. The average Bonchev–Trinajstić information content (AvgIpc) is 3.39. The van der Waals surface area contributed by atoms with Gasteiger partial charge in [0, 0.05) is 29.3 Å². The highest BCUT2D eigenvalue weighted by atomic mass is 32.1. The van der Waals surface area contributed by atoms with E-state index in [0.717, 1.165) is 5.69 Å². The van der Waals surface area contributed by atoms with Gasteiger partial charge in [0.25, 0.3) is 5.91 Å². The summed E-state index contributed by atoms with van der Waals surface area (Å²) in [5.41, 5.74) is 3.77. The van der Waals surface area contributed by atoms with E-state index in [-0.39, 0.29) is 5.91 Å². The van der Waals surface area contributed by atoms with Crippen molar-refractivity contribution in [3.63, 3.8) is 0 Å². The summed E-state index contributed by atoms with van der Waals surface area (Å²) in [6.45, 7) is 3.85. The molecule has 2 N–H and O–H groups in total. The topological polar surface area (TPSA) is 93.9 Å². The summed E-state index contributed by atoms with van der Waals surface area (Å²) in [6.07, 6.45) is 5.07. The van der Waals surface area contributed by atoms with Gasteiger partial charge in [0.05, 0.1) is 24.2 Å². The zero-order valence-corrected chi connectivity index (χ0v) is 18.3. The van der Waals surface area contributed by atoms with Crippen LogP contribution in [0.3, 0.4) is 0 Å². The molecule has 2 aromatic heterocycles. The highest BCUT2D eigenvalue weighted by molar-refractivity contribution is 7.71. The smallest absolute Gasteiger partial charge is 0.341 e. The summed E-state index contributed by atoms with van der Waals surface area (Å²) in [6, 6.07) is 14.4. The molecule has 32 heavy (non-hydrogen) atoms. The summed E-state index contributed by atoms with van der Waals surface area (Å²) in [7, 11) is 0. The summed E-state index contributed by atoms with van der Waals surface area (Å²) >= 11 is 5.22. The van der Waals surface area contributed by atoms with E-state index in [1.54, 1.807) is 49.0 Å². The fraction of sp³-hybridized carbons (Fsp3) is 0.130. The van der Waals surface area contributed by atoms with E-state index in [4.69, 9.17) is 17.0 Å². The summed E-state index contributed by atoms with van der Waals surface area (Å²) < 4.78 is 9.10. The van der Waals surface area contributed by atoms with Gasteiger partial charge in [-0.2, -0.15) is 5.10 Å². The van der Waals surface area contributed by atoms with Crippen molar-refractivity contribution in [2.75, 3.05) is 11.9 Å². The van der Waals surface area contributed by atoms with Gasteiger partial charge < -0.3 is 15.0 Å². The van der Waals surface area contributed by atoms with Crippen molar-refractivity contribution in [1.82, 2.24) is 19.3 Å². The highest BCUT2D eigenvalue weighted by Gasteiger charge is 2.16. The van der Waals surface area contributed by atoms with E-state index in [1.807, 2.05) is 35.0 Å². The minimum Gasteiger partial charge on any atom is -0.462 e. The van der Waals surface area contributed by atoms with Crippen LogP contribution >= 0.6 is 12.2 Å². The number of amides is 1. The first kappa shape index (κ1) is 21.3. The third kappa shape index (κ3) is 4.23. The molecule has 0 unspecified atom stereocenters. The molecule has 4 aromatic rings. The van der Waals surface area contributed by atoms with Gasteiger partial charge in [0.1, 0.15) is 5.56 Å². The van der Waals surface area contributed by atoms with Crippen molar-refractivity contribution < 1.29 is 14.3 Å². The van der Waals surface area contributed by atoms with Crippen molar-refractivity contribution in [2.24, 2.45) is 0 Å². The van der Waals surface area contributed by atoms with Crippen LogP contribution in [0.4, 0.5) is 5.69 Å². The quantitative estimate of drug-likeness (QED) is 0.336. The second-order valence-electron chi connectivity index (χ2n) is 6.96. The number of nitrogens with zero attached hydrogens (tertiary/aromatic N) is 3. The van der Waals surface area contributed by atoms with Gasteiger partial charge >= 0.3 is 5.97 Å². The lowest BCUT2D eigenvalue weighted by Crippen LogP contribution is -2.12. The van der Waals surface area contributed by atoms with Crippen LogP contribution < -0.4 is 5.32 Å². The predicted octanol–water partition coefficient (Wildman–Crippen LogP) is 4.46. The lowest BCUT2D eigenvalue weighted by Gasteiger charge is -2.10. The van der Waals surface area contributed by atoms with Crippen LogP contribution in [0.15, 0.2) is 67.1 Å². The largest absolute Gasteiger partial charge is 0.462 e. The Morgan fingerprint density at radius 3 is 2.62 bits per heavy atom. The number of nitrogens with one attached hydrogen (secondary N) is 2. The third-order valence-corrected chi connectivity index (χ3v) is 5.23. The molecule has 1 amide bonds. The first-order valence-electron chi connectivity index (χ1n) is 9.98. The number of benzene rings is 2. The van der Waals surface area contributed by atoms with E-state index in [2.05, 4.69) is 15.4 Å². The van der Waals surface area contributed by atoms with Gasteiger partial charge in [0.15, 0.2) is 4.77 Å². The van der Waals surface area contributed by atoms with Crippen LogP contribution in [0.2, 0.25) is 0 Å². The second-order valence-corrected chi connectivity index (χ2v) is 7.35. The standard InChI is InChI=1S/C23H21N5O3S/c1-3-31-22(30)20-14-25-28(15(20)2)19-6-4-5-17(13-19)26-21(29)16-7-9-18(10-8-16)27-12-11-24-23(27)32/h4-14H,3H2,1-2H3,(H,24,32)(H,26,29). The number of imidazole rings is 1. The Labute approximate surface area is 189 Å². The van der Waals surface area contributed by atoms with E-state index in [1.165, 1.54) is 6.20 Å². The summed E-state index contributed by atoms with van der Waals surface area (Å²) in [4.78, 5) is 27.7. The fourth-order valence-corrected chi connectivity index (χ4v) is 3.53. The monoisotopic (exact) mass is 447 g/mol.